The number of hydrogen-bond acceptors (Lipinski definition) is 18. The van der Waals surface area contributed by atoms with E-state index in [0.29, 0.717) is 38.5 Å². The Balaban J connectivity index is 1.72. The molecule has 1 unspecified atom stereocenters. The Bertz CT molecular complexity index is 2310. The van der Waals surface area contributed by atoms with Gasteiger partial charge in [0.2, 0.25) is 45.3 Å². The number of piperidine rings is 1. The number of methoxy groups -OCH3 is 1. The largest absolute Gasteiger partial charge is 0.460 e. The van der Waals surface area contributed by atoms with E-state index in [0.717, 1.165) is 4.90 Å². The number of Topliss-reactive ketones (excluding diaryl/α,β-unsaturated/α-hetero) is 1. The molecule has 26 nitrogen and oxygen atoms in total. The number of nitrogens with zero attached hydrogens (tertiary/aromatic N) is 1. The molecule has 9 N–H and O–H groups in total. The van der Waals surface area contributed by atoms with Gasteiger partial charge in [0, 0.05) is 32.7 Å². The van der Waals surface area contributed by atoms with Crippen LogP contribution in [0.15, 0.2) is 0 Å². The standard InChI is InChI=1S/C54H92N8O18S/c1-13-81(75,76)61-48(69)37(24-30(2)3)59-47(68)34(8)58-49(70)45(31(4)5)60-44(66)29-57-43(65)28-40(32(6)25-35-18-20-39(63)41(26-35)77-12)78-51(72)38-16-14-15-23-62(38)50(71)46(67)54(74)33(7)17-19-36(79-54)27-42(64)55-21-22-56-52(73)80-53(9,10)11/h30-41,45,63,74H,13-29H2,1-12H3,(H,55,64)(H,56,73)(H,57,65)(H,58,70)(H,59,68)(H,60,66)(H,61,69)/t32-,33-,34+,35+,36+,37+,38+,39-,40+,41-,45+,54?/m1/s1. The van der Waals surface area contributed by atoms with E-state index in [1.165, 1.54) is 27.9 Å². The quantitative estimate of drug-likeness (QED) is 0.0296. The molecular formula is C54H92N8O18S. The summed E-state index contributed by atoms with van der Waals surface area (Å²) in [5.74, 6) is -13.0. The third kappa shape index (κ3) is 22.6. The average Bonchev–Trinajstić information content (AvgIpc) is 3.38. The molecule has 27 heteroatoms. The van der Waals surface area contributed by atoms with E-state index in [-0.39, 0.29) is 69.3 Å². The Morgan fingerprint density at radius 3 is 2.09 bits per heavy atom. The van der Waals surface area contributed by atoms with Crippen molar-refractivity contribution in [2.45, 2.75) is 213 Å². The van der Waals surface area contributed by atoms with E-state index >= 15 is 0 Å². The van der Waals surface area contributed by atoms with Gasteiger partial charge in [-0.3, -0.25) is 43.1 Å². The maximum atomic E-state index is 14.3. The van der Waals surface area contributed by atoms with Crippen molar-refractivity contribution in [1.82, 2.24) is 41.5 Å². The molecule has 0 radical (unpaired) electrons. The van der Waals surface area contributed by atoms with E-state index in [9.17, 15) is 66.6 Å². The second-order valence-corrected chi connectivity index (χ2v) is 25.5. The first-order valence-electron chi connectivity index (χ1n) is 28.3. The Labute approximate surface area is 476 Å². The van der Waals surface area contributed by atoms with Crippen molar-refractivity contribution >= 4 is 69.2 Å². The molecular weight excluding hydrogens is 1080 g/mol. The van der Waals surface area contributed by atoms with E-state index in [4.69, 9.17) is 18.9 Å². The van der Waals surface area contributed by atoms with Crippen molar-refractivity contribution in [3.05, 3.63) is 0 Å². The van der Waals surface area contributed by atoms with Crippen molar-refractivity contribution in [3.8, 4) is 0 Å². The number of nitrogens with one attached hydrogen (secondary N) is 7. The normalized spacial score (nSPS) is 24.2. The van der Waals surface area contributed by atoms with E-state index < -0.39 is 160 Å². The van der Waals surface area contributed by atoms with Crippen LogP contribution in [0.25, 0.3) is 0 Å². The zero-order valence-corrected chi connectivity index (χ0v) is 50.1. The number of esters is 1. The molecule has 0 aromatic heterocycles. The highest BCUT2D eigenvalue weighted by atomic mass is 32.2. The lowest BCUT2D eigenvalue weighted by Crippen LogP contribution is -2.61. The number of carbonyl (C=O) groups is 10. The number of rotatable bonds is 28. The van der Waals surface area contributed by atoms with Crippen LogP contribution in [0.4, 0.5) is 4.79 Å². The molecule has 3 rings (SSSR count). The monoisotopic (exact) mass is 1170 g/mol. The zero-order chi connectivity index (χ0) is 61.2. The van der Waals surface area contributed by atoms with Crippen LogP contribution in [0.1, 0.15) is 153 Å². The highest BCUT2D eigenvalue weighted by Gasteiger charge is 2.53. The predicted molar refractivity (Wildman–Crippen MR) is 293 cm³/mol. The number of carbonyl (C=O) groups excluding carboxylic acids is 10. The summed E-state index contributed by atoms with van der Waals surface area (Å²) in [5, 5.41) is 37.5. The average molecular weight is 1170 g/mol. The lowest BCUT2D eigenvalue weighted by Gasteiger charge is -2.42. The van der Waals surface area contributed by atoms with Gasteiger partial charge in [-0.15, -0.1) is 0 Å². The molecule has 1 saturated carbocycles. The van der Waals surface area contributed by atoms with Crippen LogP contribution in [-0.2, 0) is 72.1 Å². The summed E-state index contributed by atoms with van der Waals surface area (Å²) in [6, 6.07) is -5.00. The van der Waals surface area contributed by atoms with E-state index in [2.05, 4.69) is 31.9 Å². The molecule has 2 saturated heterocycles. The number of aliphatic hydroxyl groups is 2. The number of amides is 8. The number of ketones is 1. The Hall–Kier alpha value is -5.51. The van der Waals surface area contributed by atoms with Crippen molar-refractivity contribution in [2.75, 3.05) is 39.0 Å². The lowest BCUT2D eigenvalue weighted by atomic mass is 9.79. The fraction of sp³-hybridized carbons (Fsp3) is 0.815. The van der Waals surface area contributed by atoms with Crippen LogP contribution in [0.2, 0.25) is 0 Å². The molecule has 8 amide bonds. The first-order valence-corrected chi connectivity index (χ1v) is 30.0. The number of hydrogen-bond donors (Lipinski definition) is 9. The smallest absolute Gasteiger partial charge is 0.407 e. The van der Waals surface area contributed by atoms with E-state index in [1.807, 2.05) is 4.72 Å². The number of likely N-dealkylation sites (tertiary alicyclic amines) is 1. The summed E-state index contributed by atoms with van der Waals surface area (Å²) in [7, 11) is -2.43. The van der Waals surface area contributed by atoms with Gasteiger partial charge in [-0.1, -0.05) is 41.5 Å². The van der Waals surface area contributed by atoms with Crippen molar-refractivity contribution in [1.29, 1.82) is 0 Å². The number of alkyl carbamates (subject to hydrolysis) is 1. The summed E-state index contributed by atoms with van der Waals surface area (Å²) in [4.78, 5) is 135. The van der Waals surface area contributed by atoms with Gasteiger partial charge >= 0.3 is 12.1 Å². The van der Waals surface area contributed by atoms with Crippen molar-refractivity contribution in [2.24, 2.45) is 29.6 Å². The minimum atomic E-state index is -3.93. The number of sulfonamides is 1. The first-order chi connectivity index (χ1) is 37.7. The molecule has 81 heavy (non-hydrogen) atoms. The highest BCUT2D eigenvalue weighted by molar-refractivity contribution is 7.90. The lowest BCUT2D eigenvalue weighted by molar-refractivity contribution is -0.262. The molecule has 2 aliphatic heterocycles. The van der Waals surface area contributed by atoms with E-state index in [1.54, 1.807) is 55.4 Å². The molecule has 1 aliphatic carbocycles. The zero-order valence-electron chi connectivity index (χ0n) is 49.3. The molecule has 3 aliphatic rings. The summed E-state index contributed by atoms with van der Waals surface area (Å²) in [6.45, 7) is 17.4. The minimum absolute atomic E-state index is 0.0125. The summed E-state index contributed by atoms with van der Waals surface area (Å²) in [6.07, 6.45) is -1.11. The minimum Gasteiger partial charge on any atom is -0.460 e. The third-order valence-electron chi connectivity index (χ3n) is 14.6. The fourth-order valence-corrected chi connectivity index (χ4v) is 10.5. The van der Waals surface area contributed by atoms with Gasteiger partial charge in [0.1, 0.15) is 35.9 Å². The van der Waals surface area contributed by atoms with Crippen LogP contribution in [0, 0.1) is 29.6 Å². The molecule has 0 spiro atoms. The van der Waals surface area contributed by atoms with Crippen molar-refractivity contribution in [3.63, 3.8) is 0 Å². The van der Waals surface area contributed by atoms with Crippen LogP contribution in [-0.4, -0.2) is 182 Å². The SMILES string of the molecule is CCS(=O)(=O)NC(=O)[C@H](CC(C)C)NC(=O)[C@H](C)NC(=O)[C@@H](NC(=O)CNC(=O)C[C@H](OC(=O)[C@@H]1CCCCN1C(=O)C(=O)C1(O)O[C@H](CC(=O)NCCNC(=O)OC(C)(C)C)CC[C@H]1C)[C@H](C)C[C@@H]1CC[C@@H](O)[C@H](OC)C1)C(C)C. The second kappa shape index (κ2) is 31.8. The van der Waals surface area contributed by atoms with Gasteiger partial charge < -0.3 is 66.0 Å². The molecule has 462 valence electrons. The van der Waals surface area contributed by atoms with Crippen LogP contribution < -0.4 is 36.6 Å². The van der Waals surface area contributed by atoms with Gasteiger partial charge in [0.25, 0.3) is 17.6 Å². The fourth-order valence-electron chi connectivity index (χ4n) is 9.93. The van der Waals surface area contributed by atoms with Gasteiger partial charge in [0.15, 0.2) is 0 Å². The molecule has 0 aromatic carbocycles. The van der Waals surface area contributed by atoms with Gasteiger partial charge in [-0.05, 0) is 122 Å². The van der Waals surface area contributed by atoms with Gasteiger partial charge in [0.05, 0.1) is 43.5 Å². The Morgan fingerprint density at radius 1 is 0.802 bits per heavy atom. The van der Waals surface area contributed by atoms with Crippen molar-refractivity contribution < 1.29 is 85.5 Å². The van der Waals surface area contributed by atoms with Crippen LogP contribution >= 0.6 is 0 Å². The van der Waals surface area contributed by atoms with Gasteiger partial charge in [-0.2, -0.15) is 0 Å². The first kappa shape index (κ1) is 69.8. The maximum absolute atomic E-state index is 14.3. The summed E-state index contributed by atoms with van der Waals surface area (Å²) >= 11 is 0. The number of aliphatic hydroxyl groups excluding tert-OH is 1. The molecule has 3 fully saturated rings. The van der Waals surface area contributed by atoms with Crippen LogP contribution in [0.5, 0.6) is 0 Å². The second-order valence-electron chi connectivity index (χ2n) is 23.5. The Morgan fingerprint density at radius 2 is 1.47 bits per heavy atom. The highest BCUT2D eigenvalue weighted by Crippen LogP contribution is 2.36. The Kier molecular flexibility index (Phi) is 27.4. The van der Waals surface area contributed by atoms with Crippen LogP contribution in [0.3, 0.4) is 0 Å². The molecule has 0 bridgehead atoms. The third-order valence-corrected chi connectivity index (χ3v) is 15.9. The molecule has 0 aromatic rings. The number of ether oxygens (including phenoxy) is 4. The molecule has 12 atom stereocenters. The maximum Gasteiger partial charge on any atom is 0.407 e. The predicted octanol–water partition coefficient (Wildman–Crippen LogP) is 0.734. The summed E-state index contributed by atoms with van der Waals surface area (Å²) < 4.78 is 48.7. The van der Waals surface area contributed by atoms with Gasteiger partial charge in [-0.25, -0.2) is 18.0 Å². The topological polar surface area (TPSA) is 370 Å². The summed E-state index contributed by atoms with van der Waals surface area (Å²) in [5.41, 5.74) is -0.713. The molecule has 2 heterocycles.